The number of hydrazine groups is 1. The molecule has 0 radical (unpaired) electrons. The van der Waals surface area contributed by atoms with Crippen LogP contribution in [0.3, 0.4) is 0 Å². The van der Waals surface area contributed by atoms with Gasteiger partial charge in [0.1, 0.15) is 0 Å². The summed E-state index contributed by atoms with van der Waals surface area (Å²) in [6.45, 7) is 4.80. The Morgan fingerprint density at radius 3 is 2.94 bits per heavy atom. The summed E-state index contributed by atoms with van der Waals surface area (Å²) in [5.41, 5.74) is 10.4. The number of piperidine rings is 1. The summed E-state index contributed by atoms with van der Waals surface area (Å²) in [4.78, 5) is 20.0. The van der Waals surface area contributed by atoms with Gasteiger partial charge in [-0.05, 0) is 80.8 Å². The quantitative estimate of drug-likeness (QED) is 0.624. The van der Waals surface area contributed by atoms with Gasteiger partial charge in [-0.25, -0.2) is 5.43 Å². The smallest absolute Gasteiger partial charge is 0.223 e. The Bertz CT molecular complexity index is 985. The van der Waals surface area contributed by atoms with E-state index in [2.05, 4.69) is 44.3 Å². The molecular formula is C26H34ClN5O. The van der Waals surface area contributed by atoms with Crippen LogP contribution in [0, 0.1) is 18.8 Å². The summed E-state index contributed by atoms with van der Waals surface area (Å²) in [7, 11) is 0. The van der Waals surface area contributed by atoms with Crippen LogP contribution in [0.4, 0.5) is 0 Å². The SMILES string of the molecule is Cc1cc(C2NNC3CCC(C(=O)N[C@@H]4CCCN(Cc5ccccc5Cl)C4)CC32)ccn1. The lowest BCUT2D eigenvalue weighted by molar-refractivity contribution is -0.127. The highest BCUT2D eigenvalue weighted by molar-refractivity contribution is 6.31. The molecular weight excluding hydrogens is 434 g/mol. The highest BCUT2D eigenvalue weighted by atomic mass is 35.5. The number of carbonyl (C=O) groups excluding carboxylic acids is 1. The zero-order valence-corrected chi connectivity index (χ0v) is 20.0. The van der Waals surface area contributed by atoms with Gasteiger partial charge in [0, 0.05) is 48.0 Å². The third-order valence-corrected chi connectivity index (χ3v) is 7.98. The molecule has 3 aliphatic rings. The maximum Gasteiger partial charge on any atom is 0.223 e. The highest BCUT2D eigenvalue weighted by Gasteiger charge is 2.43. The Morgan fingerprint density at radius 1 is 1.21 bits per heavy atom. The van der Waals surface area contributed by atoms with Crippen LogP contribution in [0.15, 0.2) is 42.6 Å². The topological polar surface area (TPSA) is 69.3 Å². The molecule has 5 atom stereocenters. The van der Waals surface area contributed by atoms with Gasteiger partial charge < -0.3 is 5.32 Å². The molecule has 2 saturated heterocycles. The van der Waals surface area contributed by atoms with E-state index in [1.165, 1.54) is 5.56 Å². The number of nitrogens with one attached hydrogen (secondary N) is 3. The fourth-order valence-electron chi connectivity index (χ4n) is 5.89. The molecule has 6 nitrogen and oxygen atoms in total. The van der Waals surface area contributed by atoms with Crippen molar-refractivity contribution in [3.63, 3.8) is 0 Å². The monoisotopic (exact) mass is 467 g/mol. The van der Waals surface area contributed by atoms with Gasteiger partial charge in [0.2, 0.25) is 5.91 Å². The van der Waals surface area contributed by atoms with Gasteiger partial charge in [0.05, 0.1) is 6.04 Å². The summed E-state index contributed by atoms with van der Waals surface area (Å²) in [5, 5.41) is 4.22. The van der Waals surface area contributed by atoms with Crippen molar-refractivity contribution < 1.29 is 4.79 Å². The second-order valence-corrected chi connectivity index (χ2v) is 10.4. The van der Waals surface area contributed by atoms with Gasteiger partial charge in [0.15, 0.2) is 0 Å². The van der Waals surface area contributed by atoms with E-state index in [1.54, 1.807) is 0 Å². The average Bonchev–Trinajstić information content (AvgIpc) is 3.24. The first-order valence-electron chi connectivity index (χ1n) is 12.3. The van der Waals surface area contributed by atoms with Crippen molar-refractivity contribution in [2.75, 3.05) is 13.1 Å². The number of aryl methyl sites for hydroxylation is 1. The number of aromatic nitrogens is 1. The van der Waals surface area contributed by atoms with Crippen LogP contribution >= 0.6 is 11.6 Å². The molecule has 1 amide bonds. The number of fused-ring (bicyclic) bond motifs is 1. The molecule has 176 valence electrons. The molecule has 4 unspecified atom stereocenters. The van der Waals surface area contributed by atoms with Crippen molar-refractivity contribution in [3.05, 3.63) is 64.4 Å². The van der Waals surface area contributed by atoms with Crippen LogP contribution in [0.1, 0.15) is 55.0 Å². The minimum Gasteiger partial charge on any atom is -0.352 e. The number of hydrogen-bond donors (Lipinski definition) is 3. The van der Waals surface area contributed by atoms with E-state index >= 15 is 0 Å². The number of benzene rings is 1. The van der Waals surface area contributed by atoms with E-state index < -0.39 is 0 Å². The van der Waals surface area contributed by atoms with Crippen LogP contribution in [-0.2, 0) is 11.3 Å². The molecule has 2 aliphatic heterocycles. The van der Waals surface area contributed by atoms with E-state index in [1.807, 2.05) is 31.3 Å². The van der Waals surface area contributed by atoms with Gasteiger partial charge in [-0.15, -0.1) is 0 Å². The average molecular weight is 468 g/mol. The normalized spacial score (nSPS) is 30.1. The molecule has 3 heterocycles. The third-order valence-electron chi connectivity index (χ3n) is 7.61. The molecule has 0 bridgehead atoms. The first-order chi connectivity index (χ1) is 16.1. The van der Waals surface area contributed by atoms with Crippen molar-refractivity contribution in [3.8, 4) is 0 Å². The van der Waals surface area contributed by atoms with Crippen LogP contribution in [-0.4, -0.2) is 41.0 Å². The highest BCUT2D eigenvalue weighted by Crippen LogP contribution is 2.40. The van der Waals surface area contributed by atoms with Crippen molar-refractivity contribution >= 4 is 17.5 Å². The Balaban J connectivity index is 1.18. The third kappa shape index (κ3) is 5.24. The predicted octanol–water partition coefficient (Wildman–Crippen LogP) is 3.76. The second kappa shape index (κ2) is 10.1. The van der Waals surface area contributed by atoms with Gasteiger partial charge in [0.25, 0.3) is 0 Å². The molecule has 0 spiro atoms. The van der Waals surface area contributed by atoms with Crippen molar-refractivity contribution in [2.45, 2.75) is 63.7 Å². The fraction of sp³-hybridized carbons (Fsp3) is 0.538. The lowest BCUT2D eigenvalue weighted by Crippen LogP contribution is -2.50. The fourth-order valence-corrected chi connectivity index (χ4v) is 6.09. The van der Waals surface area contributed by atoms with Crippen LogP contribution < -0.4 is 16.2 Å². The summed E-state index contributed by atoms with van der Waals surface area (Å²) < 4.78 is 0. The van der Waals surface area contributed by atoms with Crippen molar-refractivity contribution in [1.82, 2.24) is 26.1 Å². The standard InChI is InChI=1S/C26H34ClN5O/c1-17-13-18(10-11-28-17)25-22-14-19(8-9-24(22)30-31-25)26(33)29-21-6-4-12-32(16-21)15-20-5-2-3-7-23(20)27/h2-3,5,7,10-11,13,19,21-22,24-25,30-31H,4,6,8-9,12,14-16H2,1H3,(H,29,33)/t19?,21-,22?,24?,25?/m1/s1. The van der Waals surface area contributed by atoms with E-state index in [0.717, 1.165) is 68.0 Å². The molecule has 3 N–H and O–H groups in total. The Morgan fingerprint density at radius 2 is 2.09 bits per heavy atom. The predicted molar refractivity (Wildman–Crippen MR) is 130 cm³/mol. The van der Waals surface area contributed by atoms with Crippen molar-refractivity contribution in [1.29, 1.82) is 0 Å². The molecule has 7 heteroatoms. The lowest BCUT2D eigenvalue weighted by Gasteiger charge is -2.36. The van der Waals surface area contributed by atoms with Gasteiger partial charge in [-0.1, -0.05) is 29.8 Å². The number of amides is 1. The minimum absolute atomic E-state index is 0.0809. The Hall–Kier alpha value is -1.99. The molecule has 1 aromatic carbocycles. The molecule has 1 aliphatic carbocycles. The van der Waals surface area contributed by atoms with Gasteiger partial charge in [-0.3, -0.25) is 20.1 Å². The number of likely N-dealkylation sites (tertiary alicyclic amines) is 1. The maximum atomic E-state index is 13.3. The van der Waals surface area contributed by atoms with Gasteiger partial charge in [-0.2, -0.15) is 0 Å². The Labute approximate surface area is 201 Å². The lowest BCUT2D eigenvalue weighted by atomic mass is 9.74. The number of hydrogen-bond acceptors (Lipinski definition) is 5. The van der Waals surface area contributed by atoms with E-state index in [4.69, 9.17) is 11.6 Å². The van der Waals surface area contributed by atoms with E-state index in [-0.39, 0.29) is 23.9 Å². The van der Waals surface area contributed by atoms with Crippen LogP contribution in [0.5, 0.6) is 0 Å². The first-order valence-corrected chi connectivity index (χ1v) is 12.6. The molecule has 1 aromatic heterocycles. The minimum atomic E-state index is 0.0809. The number of halogens is 1. The summed E-state index contributed by atoms with van der Waals surface area (Å²) >= 11 is 6.36. The largest absolute Gasteiger partial charge is 0.352 e. The molecule has 1 saturated carbocycles. The second-order valence-electron chi connectivity index (χ2n) is 9.95. The number of pyridine rings is 1. The van der Waals surface area contributed by atoms with Crippen LogP contribution in [0.2, 0.25) is 5.02 Å². The summed E-state index contributed by atoms with van der Waals surface area (Å²) in [6, 6.07) is 13.2. The number of nitrogens with zero attached hydrogens (tertiary/aromatic N) is 2. The molecule has 2 aromatic rings. The number of rotatable bonds is 5. The van der Waals surface area contributed by atoms with Crippen LogP contribution in [0.25, 0.3) is 0 Å². The van der Waals surface area contributed by atoms with Crippen molar-refractivity contribution in [2.24, 2.45) is 11.8 Å². The molecule has 5 rings (SSSR count). The van der Waals surface area contributed by atoms with Gasteiger partial charge >= 0.3 is 0 Å². The summed E-state index contributed by atoms with van der Waals surface area (Å²) in [5.74, 6) is 0.728. The summed E-state index contributed by atoms with van der Waals surface area (Å²) in [6.07, 6.45) is 6.91. The maximum absolute atomic E-state index is 13.3. The van der Waals surface area contributed by atoms with E-state index in [0.29, 0.717) is 12.0 Å². The van der Waals surface area contributed by atoms with E-state index in [9.17, 15) is 4.79 Å². The zero-order chi connectivity index (χ0) is 22.8. The number of carbonyl (C=O) groups is 1. The zero-order valence-electron chi connectivity index (χ0n) is 19.3. The molecule has 33 heavy (non-hydrogen) atoms. The molecule has 3 fully saturated rings. The Kier molecular flexibility index (Phi) is 6.97. The first kappa shape index (κ1) is 22.8.